The molecule has 0 saturated heterocycles. The zero-order valence-corrected chi connectivity index (χ0v) is 18.3. The lowest BCUT2D eigenvalue weighted by Gasteiger charge is -2.11. The van der Waals surface area contributed by atoms with Crippen LogP contribution in [0.2, 0.25) is 0 Å². The molecule has 0 spiro atoms. The molecule has 1 aromatic heterocycles. The first kappa shape index (κ1) is 19.7. The highest BCUT2D eigenvalue weighted by atomic mass is 79.9. The number of allylic oxidation sites excluding steroid dienone is 1. The summed E-state index contributed by atoms with van der Waals surface area (Å²) < 4.78 is 3.21. The molecule has 146 valence electrons. The van der Waals surface area contributed by atoms with Gasteiger partial charge in [-0.1, -0.05) is 82.3 Å². The van der Waals surface area contributed by atoms with E-state index >= 15 is 0 Å². The van der Waals surface area contributed by atoms with Crippen molar-refractivity contribution in [1.29, 1.82) is 0 Å². The lowest BCUT2D eigenvalue weighted by atomic mass is 10.1. The highest BCUT2D eigenvalue weighted by molar-refractivity contribution is 9.10. The van der Waals surface area contributed by atoms with Gasteiger partial charge < -0.3 is 9.88 Å². The van der Waals surface area contributed by atoms with E-state index in [9.17, 15) is 0 Å². The van der Waals surface area contributed by atoms with Crippen molar-refractivity contribution in [2.45, 2.75) is 24.0 Å². The Balaban J connectivity index is 1.50. The summed E-state index contributed by atoms with van der Waals surface area (Å²) in [5.41, 5.74) is 2.35. The second kappa shape index (κ2) is 9.29. The van der Waals surface area contributed by atoms with Gasteiger partial charge in [-0.3, -0.25) is 0 Å². The van der Waals surface area contributed by atoms with Gasteiger partial charge in [0.25, 0.3) is 0 Å². The van der Waals surface area contributed by atoms with Crippen LogP contribution in [0.4, 0.5) is 5.69 Å². The van der Waals surface area contributed by atoms with E-state index in [2.05, 4.69) is 109 Å². The molecule has 0 aliphatic heterocycles. The van der Waals surface area contributed by atoms with E-state index in [0.717, 1.165) is 26.9 Å². The normalized spacial score (nSPS) is 10.9. The molecule has 4 nitrogen and oxygen atoms in total. The quantitative estimate of drug-likeness (QED) is 0.246. The molecule has 0 bridgehead atoms. The van der Waals surface area contributed by atoms with Crippen LogP contribution in [0.3, 0.4) is 0 Å². The van der Waals surface area contributed by atoms with Crippen LogP contribution in [-0.2, 0) is 18.8 Å². The molecular weight excluding hydrogens is 444 g/mol. The van der Waals surface area contributed by atoms with E-state index in [-0.39, 0.29) is 0 Å². The van der Waals surface area contributed by atoms with E-state index in [0.29, 0.717) is 13.1 Å². The number of anilines is 1. The van der Waals surface area contributed by atoms with Crippen LogP contribution in [0, 0.1) is 0 Å². The second-order valence-electron chi connectivity index (χ2n) is 6.59. The Bertz CT molecular complexity index is 1120. The number of hydrogen-bond acceptors (Lipinski definition) is 4. The molecule has 0 aliphatic carbocycles. The molecule has 0 atom stereocenters. The number of thioether (sulfide) groups is 1. The predicted octanol–water partition coefficient (Wildman–Crippen LogP) is 6.28. The maximum absolute atomic E-state index is 4.43. The predicted molar refractivity (Wildman–Crippen MR) is 125 cm³/mol. The van der Waals surface area contributed by atoms with Crippen molar-refractivity contribution < 1.29 is 0 Å². The smallest absolute Gasteiger partial charge is 0.191 e. The second-order valence-corrected chi connectivity index (χ2v) is 8.45. The minimum atomic E-state index is 0.605. The molecular formula is C23H21BrN4S. The van der Waals surface area contributed by atoms with Crippen molar-refractivity contribution >= 4 is 44.2 Å². The summed E-state index contributed by atoms with van der Waals surface area (Å²) in [6, 6.07) is 23.0. The van der Waals surface area contributed by atoms with Gasteiger partial charge in [0.1, 0.15) is 0 Å². The van der Waals surface area contributed by atoms with Crippen LogP contribution in [0.15, 0.2) is 89.0 Å². The monoisotopic (exact) mass is 464 g/mol. The number of halogens is 1. The summed E-state index contributed by atoms with van der Waals surface area (Å²) in [7, 11) is 0. The topological polar surface area (TPSA) is 42.7 Å². The molecule has 0 radical (unpaired) electrons. The van der Waals surface area contributed by atoms with Gasteiger partial charge in [-0.2, -0.15) is 0 Å². The fourth-order valence-corrected chi connectivity index (χ4v) is 4.34. The molecule has 6 heteroatoms. The molecule has 0 aliphatic rings. The first-order valence-electron chi connectivity index (χ1n) is 9.36. The van der Waals surface area contributed by atoms with Gasteiger partial charge in [-0.15, -0.1) is 16.8 Å². The Morgan fingerprint density at radius 2 is 1.79 bits per heavy atom. The largest absolute Gasteiger partial charge is 0.377 e. The molecule has 0 amide bonds. The van der Waals surface area contributed by atoms with Crippen LogP contribution in [-0.4, -0.2) is 14.8 Å². The Hall–Kier alpha value is -2.57. The number of rotatable bonds is 8. The van der Waals surface area contributed by atoms with E-state index in [1.807, 2.05) is 6.08 Å². The van der Waals surface area contributed by atoms with E-state index in [1.54, 1.807) is 11.8 Å². The summed E-state index contributed by atoms with van der Waals surface area (Å²) in [6.07, 6.45) is 1.88. The number of fused-ring (bicyclic) bond motifs is 1. The van der Waals surface area contributed by atoms with Crippen molar-refractivity contribution in [3.05, 3.63) is 95.2 Å². The number of benzene rings is 3. The molecule has 4 aromatic rings. The van der Waals surface area contributed by atoms with Crippen molar-refractivity contribution in [2.75, 3.05) is 5.32 Å². The Labute approximate surface area is 183 Å². The van der Waals surface area contributed by atoms with E-state index in [1.165, 1.54) is 16.3 Å². The summed E-state index contributed by atoms with van der Waals surface area (Å²) >= 11 is 5.17. The zero-order valence-electron chi connectivity index (χ0n) is 15.9. The molecule has 0 saturated carbocycles. The van der Waals surface area contributed by atoms with Crippen molar-refractivity contribution in [1.82, 2.24) is 14.8 Å². The number of hydrogen-bond donors (Lipinski definition) is 1. The van der Waals surface area contributed by atoms with Crippen LogP contribution in [0.1, 0.15) is 11.4 Å². The first-order chi connectivity index (χ1) is 14.2. The minimum absolute atomic E-state index is 0.605. The fraction of sp³-hybridized carbons (Fsp3) is 0.130. The van der Waals surface area contributed by atoms with Crippen molar-refractivity contribution in [3.8, 4) is 0 Å². The van der Waals surface area contributed by atoms with Gasteiger partial charge in [0.2, 0.25) is 0 Å². The highest BCUT2D eigenvalue weighted by Crippen LogP contribution is 2.25. The lowest BCUT2D eigenvalue weighted by Crippen LogP contribution is -2.09. The standard InChI is InChI=1S/C23H21BrN4S/c1-2-14-28-22(15-25-21-9-5-7-18-6-3-4-8-20(18)21)26-27-23(28)29-16-17-10-12-19(24)13-11-17/h2-13,25H,1,14-16H2. The van der Waals surface area contributed by atoms with Crippen molar-refractivity contribution in [3.63, 3.8) is 0 Å². The summed E-state index contributed by atoms with van der Waals surface area (Å²) in [5, 5.41) is 15.7. The third-order valence-electron chi connectivity index (χ3n) is 4.61. The maximum Gasteiger partial charge on any atom is 0.191 e. The Morgan fingerprint density at radius 1 is 1.00 bits per heavy atom. The maximum atomic E-state index is 4.43. The SMILES string of the molecule is C=CCn1c(CNc2cccc3ccccc23)nnc1SCc1ccc(Br)cc1. The molecule has 1 N–H and O–H groups in total. The van der Waals surface area contributed by atoms with Crippen LogP contribution in [0.25, 0.3) is 10.8 Å². The lowest BCUT2D eigenvalue weighted by molar-refractivity contribution is 0.687. The Morgan fingerprint density at radius 3 is 2.62 bits per heavy atom. The van der Waals surface area contributed by atoms with Crippen molar-refractivity contribution in [2.24, 2.45) is 0 Å². The van der Waals surface area contributed by atoms with Gasteiger partial charge in [0.15, 0.2) is 11.0 Å². The third-order valence-corrected chi connectivity index (χ3v) is 6.18. The Kier molecular flexibility index (Phi) is 6.32. The average Bonchev–Trinajstić information content (AvgIpc) is 3.13. The van der Waals surface area contributed by atoms with Gasteiger partial charge in [0, 0.05) is 27.8 Å². The summed E-state index contributed by atoms with van der Waals surface area (Å²) in [6.45, 7) is 5.18. The van der Waals surface area contributed by atoms with E-state index in [4.69, 9.17) is 0 Å². The molecule has 3 aromatic carbocycles. The van der Waals surface area contributed by atoms with E-state index < -0.39 is 0 Å². The number of nitrogens with zero attached hydrogens (tertiary/aromatic N) is 3. The third kappa shape index (κ3) is 4.71. The zero-order chi connectivity index (χ0) is 20.1. The molecule has 29 heavy (non-hydrogen) atoms. The van der Waals surface area contributed by atoms with Crippen LogP contribution < -0.4 is 5.32 Å². The van der Waals surface area contributed by atoms with Gasteiger partial charge >= 0.3 is 0 Å². The summed E-state index contributed by atoms with van der Waals surface area (Å²) in [4.78, 5) is 0. The van der Waals surface area contributed by atoms with Gasteiger partial charge in [-0.25, -0.2) is 0 Å². The average molecular weight is 465 g/mol. The number of nitrogens with one attached hydrogen (secondary N) is 1. The molecule has 0 unspecified atom stereocenters. The molecule has 0 fully saturated rings. The summed E-state index contributed by atoms with van der Waals surface area (Å²) in [5.74, 6) is 1.75. The van der Waals surface area contributed by atoms with Crippen LogP contribution in [0.5, 0.6) is 0 Å². The fourth-order valence-electron chi connectivity index (χ4n) is 3.15. The first-order valence-corrected chi connectivity index (χ1v) is 11.1. The van der Waals surface area contributed by atoms with Crippen LogP contribution >= 0.6 is 27.7 Å². The van der Waals surface area contributed by atoms with Gasteiger partial charge in [0.05, 0.1) is 6.54 Å². The highest BCUT2D eigenvalue weighted by Gasteiger charge is 2.12. The molecule has 4 rings (SSSR count). The number of aromatic nitrogens is 3. The van der Waals surface area contributed by atoms with Gasteiger partial charge in [-0.05, 0) is 29.1 Å². The minimum Gasteiger partial charge on any atom is -0.377 e. The molecule has 1 heterocycles.